The van der Waals surface area contributed by atoms with E-state index in [1.54, 1.807) is 24.5 Å². The van der Waals surface area contributed by atoms with Crippen LogP contribution in [-0.4, -0.2) is 45.7 Å². The van der Waals surface area contributed by atoms with Crippen molar-refractivity contribution in [2.45, 2.75) is 44.8 Å². The highest BCUT2D eigenvalue weighted by atomic mass is 16.9. The summed E-state index contributed by atoms with van der Waals surface area (Å²) < 4.78 is 0. The number of benzene rings is 1. The third-order valence-electron chi connectivity index (χ3n) is 5.12. The topological polar surface area (TPSA) is 108 Å². The lowest BCUT2D eigenvalue weighted by Gasteiger charge is -2.29. The molecule has 1 saturated heterocycles. The van der Waals surface area contributed by atoms with Crippen molar-refractivity contribution in [2.24, 2.45) is 0 Å². The van der Waals surface area contributed by atoms with Crippen molar-refractivity contribution >= 4 is 6.03 Å². The number of nitrogens with zero attached hydrogens (tertiary/aromatic N) is 2. The van der Waals surface area contributed by atoms with Gasteiger partial charge >= 0.3 is 6.03 Å². The first-order valence-corrected chi connectivity index (χ1v) is 9.98. The Morgan fingerprint density at radius 3 is 2.67 bits per heavy atom. The highest BCUT2D eigenvalue weighted by Crippen LogP contribution is 2.43. The monoisotopic (exact) mass is 413 g/mol. The second-order valence-electron chi connectivity index (χ2n) is 8.66. The van der Waals surface area contributed by atoms with E-state index in [-0.39, 0.29) is 29.4 Å². The van der Waals surface area contributed by atoms with Gasteiger partial charge in [0, 0.05) is 54.3 Å². The first-order valence-electron chi connectivity index (χ1n) is 9.98. The van der Waals surface area contributed by atoms with Gasteiger partial charge in [-0.1, -0.05) is 0 Å². The molecule has 30 heavy (non-hydrogen) atoms. The highest BCUT2D eigenvalue weighted by molar-refractivity contribution is 5.75. The van der Waals surface area contributed by atoms with Gasteiger partial charge in [0.2, 0.25) is 0 Å². The number of carbonyl (C=O) groups excluding carboxylic acids is 1. The first kappa shape index (κ1) is 20.2. The van der Waals surface area contributed by atoms with E-state index in [0.717, 1.165) is 18.5 Å². The summed E-state index contributed by atoms with van der Waals surface area (Å²) in [6.45, 7) is 7.26. The summed E-state index contributed by atoms with van der Waals surface area (Å²) in [6.07, 6.45) is 4.28. The van der Waals surface area contributed by atoms with Gasteiger partial charge in [-0.25, -0.2) is 4.79 Å². The zero-order valence-corrected chi connectivity index (χ0v) is 17.3. The van der Waals surface area contributed by atoms with Gasteiger partial charge < -0.3 is 25.4 Å². The fourth-order valence-electron chi connectivity index (χ4n) is 3.89. The van der Waals surface area contributed by atoms with Gasteiger partial charge in [0.05, 0.1) is 6.04 Å². The molecule has 0 spiro atoms. The largest absolute Gasteiger partial charge is 0.507 e. The average molecular weight is 413 g/mol. The van der Waals surface area contributed by atoms with Crippen LogP contribution in [0.25, 0.3) is 0 Å². The Morgan fingerprint density at radius 1 is 1.27 bits per heavy atom. The van der Waals surface area contributed by atoms with E-state index >= 15 is 0 Å². The average Bonchev–Trinajstić information content (AvgIpc) is 3.31. The molecule has 9 nitrogen and oxygen atoms in total. The molecule has 2 amide bonds. The Kier molecular flexibility index (Phi) is 5.40. The van der Waals surface area contributed by atoms with Crippen molar-refractivity contribution < 1.29 is 19.6 Å². The maximum Gasteiger partial charge on any atom is 0.315 e. The number of aromatic nitrogens is 1. The van der Waals surface area contributed by atoms with Crippen LogP contribution in [0.4, 0.5) is 4.79 Å². The van der Waals surface area contributed by atoms with E-state index in [0.29, 0.717) is 23.6 Å². The smallest absolute Gasteiger partial charge is 0.315 e. The summed E-state index contributed by atoms with van der Waals surface area (Å²) in [4.78, 5) is 29.1. The lowest BCUT2D eigenvalue weighted by atomic mass is 9.96. The summed E-state index contributed by atoms with van der Waals surface area (Å²) in [6, 6.07) is 6.80. The number of urea groups is 1. The number of phenolic OH excluding ortho intramolecular Hbond substituents is 1. The minimum absolute atomic E-state index is 0.00880. The van der Waals surface area contributed by atoms with Crippen molar-refractivity contribution in [1.82, 2.24) is 26.2 Å². The lowest BCUT2D eigenvalue weighted by Crippen LogP contribution is -2.50. The molecule has 0 saturated carbocycles. The molecule has 1 unspecified atom stereocenters. The standard InChI is InChI=1S/C21H27N5O4/c1-21(2,3)24-20(28)23-14-6-9-26(12-14)19(13-4-7-22-8-5-13)15-10-17-18(11-16(15)27)30-25-29-17/h4-5,7-8,10-11,14,19,25,27H,6,9,12H2,1-3H3,(H2,23,24,28)/t14-,19?/m1/s1. The van der Waals surface area contributed by atoms with E-state index < -0.39 is 0 Å². The SMILES string of the molecule is CC(C)(C)NC(=O)N[C@@H]1CCN(C(c2ccncc2)c2cc3c(cc2O)ONO3)C1. The van der Waals surface area contributed by atoms with Crippen molar-refractivity contribution in [2.75, 3.05) is 13.1 Å². The lowest BCUT2D eigenvalue weighted by molar-refractivity contribution is 0.0259. The van der Waals surface area contributed by atoms with Crippen molar-refractivity contribution in [3.63, 3.8) is 0 Å². The van der Waals surface area contributed by atoms with Crippen LogP contribution in [0.15, 0.2) is 36.7 Å². The van der Waals surface area contributed by atoms with Gasteiger partial charge in [-0.3, -0.25) is 9.88 Å². The quantitative estimate of drug-likeness (QED) is 0.609. The molecule has 2 aliphatic heterocycles. The predicted octanol–water partition coefficient (Wildman–Crippen LogP) is 2.24. The number of rotatable bonds is 4. The Labute approximate surface area is 175 Å². The molecular weight excluding hydrogens is 386 g/mol. The van der Waals surface area contributed by atoms with E-state index in [9.17, 15) is 9.90 Å². The molecule has 3 heterocycles. The number of nitrogens with one attached hydrogen (secondary N) is 3. The Bertz CT molecular complexity index is 916. The van der Waals surface area contributed by atoms with Crippen LogP contribution < -0.4 is 26.0 Å². The number of fused-ring (bicyclic) bond motifs is 1. The number of hydrogen-bond donors (Lipinski definition) is 4. The molecule has 4 rings (SSSR count). The van der Waals surface area contributed by atoms with Crippen LogP contribution >= 0.6 is 0 Å². The first-order chi connectivity index (χ1) is 14.3. The number of carbonyl (C=O) groups is 1. The molecule has 2 aliphatic rings. The van der Waals surface area contributed by atoms with E-state index in [1.807, 2.05) is 32.9 Å². The fraction of sp³-hybridized carbons (Fsp3) is 0.429. The number of aromatic hydroxyl groups is 1. The molecule has 0 aliphatic carbocycles. The zero-order valence-electron chi connectivity index (χ0n) is 17.3. The molecule has 1 aromatic heterocycles. The van der Waals surface area contributed by atoms with E-state index in [2.05, 4.69) is 26.2 Å². The molecule has 9 heteroatoms. The van der Waals surface area contributed by atoms with Gasteiger partial charge in [0.25, 0.3) is 0 Å². The predicted molar refractivity (Wildman–Crippen MR) is 110 cm³/mol. The molecular formula is C21H27N5O4. The van der Waals surface area contributed by atoms with Gasteiger partial charge in [-0.2, -0.15) is 0 Å². The Hall–Kier alpha value is -3.04. The molecule has 2 atom stereocenters. The van der Waals surface area contributed by atoms with Crippen LogP contribution in [0.1, 0.15) is 44.4 Å². The number of phenols is 1. The molecule has 4 N–H and O–H groups in total. The second kappa shape index (κ2) is 8.00. The minimum atomic E-state index is -0.297. The van der Waals surface area contributed by atoms with Crippen LogP contribution in [0.3, 0.4) is 0 Å². The molecule has 1 fully saturated rings. The number of hydrogen-bond acceptors (Lipinski definition) is 7. The van der Waals surface area contributed by atoms with Crippen molar-refractivity contribution in [3.05, 3.63) is 47.8 Å². The zero-order chi connectivity index (χ0) is 21.3. The Morgan fingerprint density at radius 2 is 1.97 bits per heavy atom. The van der Waals surface area contributed by atoms with Gasteiger partial charge in [0.1, 0.15) is 5.75 Å². The number of pyridine rings is 1. The number of amides is 2. The molecule has 0 bridgehead atoms. The number of likely N-dealkylation sites (tertiary alicyclic amines) is 1. The third kappa shape index (κ3) is 4.42. The summed E-state index contributed by atoms with van der Waals surface area (Å²) in [7, 11) is 0. The van der Waals surface area contributed by atoms with Gasteiger partial charge in [0.15, 0.2) is 11.5 Å². The normalized spacial score (nSPS) is 19.5. The summed E-state index contributed by atoms with van der Waals surface area (Å²) in [5.74, 6) is 1.06. The third-order valence-corrected chi connectivity index (χ3v) is 5.12. The summed E-state index contributed by atoms with van der Waals surface area (Å²) in [5.41, 5.74) is 3.74. The minimum Gasteiger partial charge on any atom is -0.507 e. The highest BCUT2D eigenvalue weighted by Gasteiger charge is 2.34. The maximum absolute atomic E-state index is 12.3. The molecule has 1 aromatic carbocycles. The molecule has 160 valence electrons. The molecule has 0 radical (unpaired) electrons. The molecule has 2 aromatic rings. The summed E-state index contributed by atoms with van der Waals surface area (Å²) in [5, 5.41) is 16.7. The van der Waals surface area contributed by atoms with Gasteiger partial charge in [-0.15, -0.1) is 0 Å². The fourth-order valence-corrected chi connectivity index (χ4v) is 3.89. The summed E-state index contributed by atoms with van der Waals surface area (Å²) >= 11 is 0. The van der Waals surface area contributed by atoms with Crippen LogP contribution in [0.2, 0.25) is 0 Å². The van der Waals surface area contributed by atoms with Crippen LogP contribution in [0, 0.1) is 0 Å². The Balaban J connectivity index is 1.57. The van der Waals surface area contributed by atoms with Gasteiger partial charge in [-0.05, 0) is 51.0 Å². The van der Waals surface area contributed by atoms with Crippen molar-refractivity contribution in [3.8, 4) is 17.2 Å². The van der Waals surface area contributed by atoms with E-state index in [1.165, 1.54) is 0 Å². The van der Waals surface area contributed by atoms with Crippen LogP contribution in [-0.2, 0) is 0 Å². The van der Waals surface area contributed by atoms with E-state index in [4.69, 9.17) is 9.68 Å². The van der Waals surface area contributed by atoms with Crippen LogP contribution in [0.5, 0.6) is 17.2 Å². The maximum atomic E-state index is 12.3. The van der Waals surface area contributed by atoms with Crippen molar-refractivity contribution in [1.29, 1.82) is 0 Å². The second-order valence-corrected chi connectivity index (χ2v) is 8.66.